The van der Waals surface area contributed by atoms with E-state index in [9.17, 15) is 10.5 Å². The molecule has 4 heterocycles. The number of para-hydroxylation sites is 2. The van der Waals surface area contributed by atoms with Crippen LogP contribution in [-0.2, 0) is 0 Å². The molecule has 4 bridgehead atoms. The van der Waals surface area contributed by atoms with E-state index in [1.54, 1.807) is 0 Å². The van der Waals surface area contributed by atoms with Gasteiger partial charge in [-0.2, -0.15) is 10.5 Å². The van der Waals surface area contributed by atoms with Gasteiger partial charge in [0.15, 0.2) is 0 Å². The van der Waals surface area contributed by atoms with Crippen molar-refractivity contribution in [1.82, 2.24) is 8.80 Å². The van der Waals surface area contributed by atoms with Crippen LogP contribution in [0, 0.1) is 22.7 Å². The van der Waals surface area contributed by atoms with E-state index in [1.165, 1.54) is 150 Å². The lowest BCUT2D eigenvalue weighted by molar-refractivity contribution is 0.361. The summed E-state index contributed by atoms with van der Waals surface area (Å²) in [6.07, 6.45) is 9.85. The van der Waals surface area contributed by atoms with Crippen molar-refractivity contribution < 1.29 is 0 Å². The van der Waals surface area contributed by atoms with E-state index in [1.807, 2.05) is 0 Å². The summed E-state index contributed by atoms with van der Waals surface area (Å²) in [5.41, 5.74) is 14.9. The molecule has 0 unspecified atom stereocenters. The first-order chi connectivity index (χ1) is 23.7. The van der Waals surface area contributed by atoms with Crippen molar-refractivity contribution in [2.24, 2.45) is 0 Å². The Morgan fingerprint density at radius 2 is 0.812 bits per heavy atom. The molecule has 48 heavy (non-hydrogen) atoms. The highest BCUT2D eigenvalue weighted by atomic mass is 14.9. The van der Waals surface area contributed by atoms with Gasteiger partial charge in [0, 0.05) is 43.1 Å². The number of hydrogen-bond acceptors (Lipinski definition) is 2. The molecule has 5 aromatic carbocycles. The first-order valence-corrected chi connectivity index (χ1v) is 18.0. The Kier molecular flexibility index (Phi) is 4.15. The van der Waals surface area contributed by atoms with Crippen LogP contribution in [0.5, 0.6) is 0 Å². The average molecular weight is 615 g/mol. The molecule has 15 rings (SSSR count). The maximum absolute atomic E-state index is 10.5. The third kappa shape index (κ3) is 2.54. The van der Waals surface area contributed by atoms with Crippen LogP contribution in [0.4, 0.5) is 0 Å². The molecule has 4 nitrogen and oxygen atoms in total. The fraction of sp³-hybridized carbons (Fsp3) is 0.273. The van der Waals surface area contributed by atoms with Crippen LogP contribution >= 0.6 is 0 Å². The molecule has 6 aliphatic rings. The Labute approximate surface area is 276 Å². The second-order valence-corrected chi connectivity index (χ2v) is 15.6. The van der Waals surface area contributed by atoms with Gasteiger partial charge in [-0.15, -0.1) is 0 Å². The largest absolute Gasteiger partial charge is 0.308 e. The van der Waals surface area contributed by atoms with E-state index >= 15 is 0 Å². The molecule has 0 saturated heterocycles. The first-order valence-electron chi connectivity index (χ1n) is 18.0. The van der Waals surface area contributed by atoms with Gasteiger partial charge in [-0.25, -0.2) is 0 Å². The van der Waals surface area contributed by atoms with Gasteiger partial charge in [-0.3, -0.25) is 0 Å². The van der Waals surface area contributed by atoms with Gasteiger partial charge in [0.2, 0.25) is 0 Å². The van der Waals surface area contributed by atoms with Crippen molar-refractivity contribution >= 4 is 76.2 Å². The minimum atomic E-state index is 0.525. The zero-order valence-electron chi connectivity index (χ0n) is 26.5. The standard InChI is InChI=1S/C44H30N4/c45-19-25-15-35-41(39-23-11-7-21(8-12-23)37(25)39)29-5-1-3-27-31-17-34-32(18-33(31)47(35)43(27)29)28-4-2-6-30-42-36(48(34)44(28)30)16-26(20-46)38-22-9-13-24(14-10-22)40(38)42/h1-6,15-18,21-24H,7-14H2. The molecule has 6 aliphatic carbocycles. The molecule has 0 radical (unpaired) electrons. The average Bonchev–Trinajstić information content (AvgIpc) is 3.87. The Hall–Kier alpha value is -5.32. The monoisotopic (exact) mass is 614 g/mol. The van der Waals surface area contributed by atoms with Crippen LogP contribution in [0.15, 0.2) is 60.7 Å². The van der Waals surface area contributed by atoms with Gasteiger partial charge in [-0.05, 0) is 122 Å². The quantitative estimate of drug-likeness (QED) is 0.171. The van der Waals surface area contributed by atoms with Crippen molar-refractivity contribution in [1.29, 1.82) is 10.5 Å². The maximum atomic E-state index is 10.5. The molecule has 0 spiro atoms. The molecule has 2 saturated carbocycles. The molecular weight excluding hydrogens is 585 g/mol. The topological polar surface area (TPSA) is 56.4 Å². The lowest BCUT2D eigenvalue weighted by Crippen LogP contribution is -2.23. The number of hydrogen-bond donors (Lipinski definition) is 0. The number of nitrogens with zero attached hydrogens (tertiary/aromatic N) is 4. The smallest absolute Gasteiger partial charge is 0.0995 e. The summed E-state index contributed by atoms with van der Waals surface area (Å²) in [5, 5.41) is 31.5. The number of fused-ring (bicyclic) bond motifs is 16. The zero-order chi connectivity index (χ0) is 31.2. The van der Waals surface area contributed by atoms with Gasteiger partial charge < -0.3 is 8.80 Å². The predicted octanol–water partition coefficient (Wildman–Crippen LogP) is 11.2. The SMILES string of the molecule is N#Cc1cc2c(c3c1C1CCC3CC1)c1cccc3c4cc5c(cc4n2c31)c1cccc2c3c4c(c(C#N)cc3n5c12)C1CCC4CC1. The van der Waals surface area contributed by atoms with Crippen molar-refractivity contribution in [3.8, 4) is 12.1 Å². The summed E-state index contributed by atoms with van der Waals surface area (Å²) < 4.78 is 4.98. The first kappa shape index (κ1) is 24.8. The zero-order valence-corrected chi connectivity index (χ0v) is 26.5. The van der Waals surface area contributed by atoms with Gasteiger partial charge in [-0.1, -0.05) is 36.4 Å². The van der Waals surface area contributed by atoms with E-state index in [0.717, 1.165) is 11.1 Å². The Morgan fingerprint density at radius 1 is 0.438 bits per heavy atom. The molecule has 4 aromatic heterocycles. The van der Waals surface area contributed by atoms with E-state index in [2.05, 4.69) is 81.6 Å². The van der Waals surface area contributed by atoms with Crippen LogP contribution in [0.25, 0.3) is 76.2 Å². The van der Waals surface area contributed by atoms with Crippen LogP contribution in [-0.4, -0.2) is 8.80 Å². The predicted molar refractivity (Wildman–Crippen MR) is 193 cm³/mol. The third-order valence-corrected chi connectivity index (χ3v) is 13.8. The molecular formula is C44H30N4. The molecule has 9 aromatic rings. The van der Waals surface area contributed by atoms with Gasteiger partial charge >= 0.3 is 0 Å². The Morgan fingerprint density at radius 3 is 1.21 bits per heavy atom. The van der Waals surface area contributed by atoms with E-state index in [0.29, 0.717) is 23.7 Å². The van der Waals surface area contributed by atoms with Crippen molar-refractivity contribution in [2.45, 2.75) is 75.0 Å². The lowest BCUT2D eigenvalue weighted by Gasteiger charge is -2.39. The second kappa shape index (κ2) is 8.03. The minimum absolute atomic E-state index is 0.525. The fourth-order valence-corrected chi connectivity index (χ4v) is 12.1. The molecule has 0 amide bonds. The summed E-state index contributed by atoms with van der Waals surface area (Å²) in [5.74, 6) is 2.16. The van der Waals surface area contributed by atoms with Gasteiger partial charge in [0.05, 0.1) is 56.4 Å². The minimum Gasteiger partial charge on any atom is -0.308 e. The Bertz CT molecular complexity index is 2840. The summed E-state index contributed by atoms with van der Waals surface area (Å²) in [4.78, 5) is 0. The maximum Gasteiger partial charge on any atom is 0.0995 e. The van der Waals surface area contributed by atoms with Crippen molar-refractivity contribution in [3.63, 3.8) is 0 Å². The Balaban J connectivity index is 1.22. The summed E-state index contributed by atoms with van der Waals surface area (Å²) in [6.45, 7) is 0. The highest BCUT2D eigenvalue weighted by Gasteiger charge is 2.39. The number of nitriles is 2. The van der Waals surface area contributed by atoms with E-state index in [-0.39, 0.29) is 0 Å². The molecule has 4 heteroatoms. The lowest BCUT2D eigenvalue weighted by atomic mass is 9.65. The summed E-state index contributed by atoms with van der Waals surface area (Å²) in [6, 6.07) is 28.3. The molecule has 0 aliphatic heterocycles. The molecule has 226 valence electrons. The van der Waals surface area contributed by atoms with Crippen LogP contribution < -0.4 is 0 Å². The number of rotatable bonds is 0. The van der Waals surface area contributed by atoms with Crippen molar-refractivity contribution in [2.75, 3.05) is 0 Å². The fourth-order valence-electron chi connectivity index (χ4n) is 12.1. The van der Waals surface area contributed by atoms with Crippen LogP contribution in [0.2, 0.25) is 0 Å². The molecule has 0 atom stereocenters. The molecule has 2 fully saturated rings. The van der Waals surface area contributed by atoms with Crippen molar-refractivity contribution in [3.05, 3.63) is 94.0 Å². The second-order valence-electron chi connectivity index (χ2n) is 15.6. The van der Waals surface area contributed by atoms with Crippen LogP contribution in [0.3, 0.4) is 0 Å². The normalized spacial score (nSPS) is 23.1. The van der Waals surface area contributed by atoms with Gasteiger partial charge in [0.25, 0.3) is 0 Å². The van der Waals surface area contributed by atoms with E-state index in [4.69, 9.17) is 0 Å². The third-order valence-electron chi connectivity index (χ3n) is 13.8. The van der Waals surface area contributed by atoms with Gasteiger partial charge in [0.1, 0.15) is 0 Å². The summed E-state index contributed by atoms with van der Waals surface area (Å²) >= 11 is 0. The van der Waals surface area contributed by atoms with E-state index < -0.39 is 0 Å². The number of aromatic nitrogens is 2. The molecule has 0 N–H and O–H groups in total. The van der Waals surface area contributed by atoms with Crippen LogP contribution in [0.1, 0.15) is 108 Å². The number of benzene rings is 5. The highest BCUT2D eigenvalue weighted by molar-refractivity contribution is 6.29. The summed E-state index contributed by atoms with van der Waals surface area (Å²) in [7, 11) is 0. The highest BCUT2D eigenvalue weighted by Crippen LogP contribution is 2.57.